The Kier molecular flexibility index (Phi) is 4.59. The molecule has 0 saturated carbocycles. The normalized spacial score (nSPS) is 22.2. The molecule has 0 aromatic rings. The van der Waals surface area contributed by atoms with Crippen molar-refractivity contribution >= 4 is 32.9 Å². The molecule has 0 spiro atoms. The molecule has 1 aliphatic rings. The Morgan fingerprint density at radius 3 is 2.85 bits per heavy atom. The zero-order valence-electron chi connectivity index (χ0n) is 8.46. The van der Waals surface area contributed by atoms with E-state index < -0.39 is 0 Å². The molecular weight excluding hydrogens is 248 g/mol. The first-order valence-electron chi connectivity index (χ1n) is 4.61. The SMILES string of the molecule is CC(C)CN(C)C1=NCC(CBr)S1. The molecule has 1 unspecified atom stereocenters. The molecule has 1 atom stereocenters. The number of aliphatic imine (C=N–C) groups is 1. The summed E-state index contributed by atoms with van der Waals surface area (Å²) in [6.07, 6.45) is 0. The zero-order chi connectivity index (χ0) is 9.84. The molecule has 1 rings (SSSR count). The van der Waals surface area contributed by atoms with Crippen molar-refractivity contribution < 1.29 is 0 Å². The molecule has 13 heavy (non-hydrogen) atoms. The molecule has 0 aromatic carbocycles. The van der Waals surface area contributed by atoms with E-state index >= 15 is 0 Å². The van der Waals surface area contributed by atoms with Gasteiger partial charge < -0.3 is 4.90 Å². The van der Waals surface area contributed by atoms with Gasteiger partial charge in [0.05, 0.1) is 6.54 Å². The summed E-state index contributed by atoms with van der Waals surface area (Å²) in [6.45, 7) is 6.53. The quantitative estimate of drug-likeness (QED) is 0.728. The second-order valence-corrected chi connectivity index (χ2v) is 5.71. The molecule has 0 aliphatic carbocycles. The molecule has 0 bridgehead atoms. The standard InChI is InChI=1S/C9H17BrN2S/c1-7(2)6-12(3)9-11-5-8(4-10)13-9/h7-8H,4-6H2,1-3H3. The molecule has 4 heteroatoms. The van der Waals surface area contributed by atoms with Crippen LogP contribution in [0.1, 0.15) is 13.8 Å². The summed E-state index contributed by atoms with van der Waals surface area (Å²) in [5.74, 6) is 0.705. The molecule has 0 aromatic heterocycles. The van der Waals surface area contributed by atoms with Crippen LogP contribution in [-0.2, 0) is 0 Å². The second-order valence-electron chi connectivity index (χ2n) is 3.79. The van der Waals surface area contributed by atoms with E-state index in [0.29, 0.717) is 11.2 Å². The summed E-state index contributed by atoms with van der Waals surface area (Å²) >= 11 is 5.38. The number of hydrogen-bond donors (Lipinski definition) is 0. The van der Waals surface area contributed by atoms with Crippen molar-refractivity contribution in [2.24, 2.45) is 10.9 Å². The smallest absolute Gasteiger partial charge is 0.159 e. The van der Waals surface area contributed by atoms with Crippen LogP contribution in [0, 0.1) is 5.92 Å². The molecule has 76 valence electrons. The lowest BCUT2D eigenvalue weighted by molar-refractivity contribution is 0.431. The van der Waals surface area contributed by atoms with Crippen LogP contribution in [0.5, 0.6) is 0 Å². The fourth-order valence-electron chi connectivity index (χ4n) is 1.32. The Morgan fingerprint density at radius 2 is 2.38 bits per heavy atom. The van der Waals surface area contributed by atoms with Crippen molar-refractivity contribution in [2.45, 2.75) is 19.1 Å². The van der Waals surface area contributed by atoms with Gasteiger partial charge in [-0.3, -0.25) is 4.99 Å². The average molecular weight is 265 g/mol. The summed E-state index contributed by atoms with van der Waals surface area (Å²) in [7, 11) is 2.13. The molecule has 1 heterocycles. The Balaban J connectivity index is 2.36. The fraction of sp³-hybridized carbons (Fsp3) is 0.889. The van der Waals surface area contributed by atoms with E-state index in [1.165, 1.54) is 5.17 Å². The fourth-order valence-corrected chi connectivity index (χ4v) is 2.84. The number of hydrogen-bond acceptors (Lipinski definition) is 3. The van der Waals surface area contributed by atoms with Gasteiger partial charge in [-0.2, -0.15) is 0 Å². The second kappa shape index (κ2) is 5.25. The third-order valence-electron chi connectivity index (χ3n) is 1.84. The third kappa shape index (κ3) is 3.50. The van der Waals surface area contributed by atoms with Crippen LogP contribution in [0.2, 0.25) is 0 Å². The number of halogens is 1. The lowest BCUT2D eigenvalue weighted by Crippen LogP contribution is -2.27. The van der Waals surface area contributed by atoms with E-state index in [0.717, 1.165) is 18.4 Å². The van der Waals surface area contributed by atoms with Crippen LogP contribution >= 0.6 is 27.7 Å². The van der Waals surface area contributed by atoms with Gasteiger partial charge in [0.2, 0.25) is 0 Å². The van der Waals surface area contributed by atoms with Crippen LogP contribution in [0.3, 0.4) is 0 Å². The molecule has 0 N–H and O–H groups in total. The first-order chi connectivity index (χ1) is 6.13. The molecule has 1 aliphatic heterocycles. The van der Waals surface area contributed by atoms with E-state index in [1.807, 2.05) is 11.8 Å². The Hall–Kier alpha value is 0.300. The Bertz CT molecular complexity index is 194. The minimum absolute atomic E-state index is 0.643. The summed E-state index contributed by atoms with van der Waals surface area (Å²) in [5.41, 5.74) is 0. The summed E-state index contributed by atoms with van der Waals surface area (Å²) in [5, 5.41) is 2.89. The van der Waals surface area contributed by atoms with Gasteiger partial charge in [-0.15, -0.1) is 0 Å². The lowest BCUT2D eigenvalue weighted by atomic mass is 10.2. The maximum Gasteiger partial charge on any atom is 0.159 e. The van der Waals surface area contributed by atoms with Crippen molar-refractivity contribution in [2.75, 3.05) is 25.5 Å². The van der Waals surface area contributed by atoms with Gasteiger partial charge in [0.15, 0.2) is 5.17 Å². The minimum Gasteiger partial charge on any atom is -0.354 e. The van der Waals surface area contributed by atoms with Gasteiger partial charge in [0, 0.05) is 24.2 Å². The Labute approximate surface area is 93.3 Å². The highest BCUT2D eigenvalue weighted by Crippen LogP contribution is 2.24. The van der Waals surface area contributed by atoms with Gasteiger partial charge in [-0.05, 0) is 5.92 Å². The van der Waals surface area contributed by atoms with Crippen molar-refractivity contribution in [3.05, 3.63) is 0 Å². The van der Waals surface area contributed by atoms with Crippen molar-refractivity contribution in [1.82, 2.24) is 4.90 Å². The molecule has 0 saturated heterocycles. The van der Waals surface area contributed by atoms with Gasteiger partial charge in [0.25, 0.3) is 0 Å². The van der Waals surface area contributed by atoms with Crippen LogP contribution < -0.4 is 0 Å². The number of thioether (sulfide) groups is 1. The van der Waals surface area contributed by atoms with Gasteiger partial charge in [-0.25, -0.2) is 0 Å². The van der Waals surface area contributed by atoms with E-state index in [9.17, 15) is 0 Å². The summed E-state index contributed by atoms with van der Waals surface area (Å²) in [6, 6.07) is 0. The Morgan fingerprint density at radius 1 is 1.69 bits per heavy atom. The van der Waals surface area contributed by atoms with E-state index in [-0.39, 0.29) is 0 Å². The molecular formula is C9H17BrN2S. The largest absolute Gasteiger partial charge is 0.354 e. The van der Waals surface area contributed by atoms with Crippen molar-refractivity contribution in [3.8, 4) is 0 Å². The van der Waals surface area contributed by atoms with E-state index in [2.05, 4.69) is 46.7 Å². The number of alkyl halides is 1. The third-order valence-corrected chi connectivity index (χ3v) is 4.35. The monoisotopic (exact) mass is 264 g/mol. The predicted molar refractivity (Wildman–Crippen MR) is 64.9 cm³/mol. The number of nitrogens with zero attached hydrogens (tertiary/aromatic N) is 2. The van der Waals surface area contributed by atoms with Crippen LogP contribution in [0.15, 0.2) is 4.99 Å². The highest BCUT2D eigenvalue weighted by Gasteiger charge is 2.21. The topological polar surface area (TPSA) is 15.6 Å². The van der Waals surface area contributed by atoms with Gasteiger partial charge in [0.1, 0.15) is 0 Å². The van der Waals surface area contributed by atoms with Crippen LogP contribution in [0.25, 0.3) is 0 Å². The first kappa shape index (κ1) is 11.4. The lowest BCUT2D eigenvalue weighted by Gasteiger charge is -2.20. The average Bonchev–Trinajstić information content (AvgIpc) is 2.50. The van der Waals surface area contributed by atoms with Crippen LogP contribution in [-0.4, -0.2) is 40.8 Å². The maximum atomic E-state index is 4.52. The van der Waals surface area contributed by atoms with Crippen LogP contribution in [0.4, 0.5) is 0 Å². The zero-order valence-corrected chi connectivity index (χ0v) is 10.9. The van der Waals surface area contributed by atoms with Gasteiger partial charge >= 0.3 is 0 Å². The maximum absolute atomic E-state index is 4.52. The molecule has 2 nitrogen and oxygen atoms in total. The van der Waals surface area contributed by atoms with E-state index in [4.69, 9.17) is 0 Å². The van der Waals surface area contributed by atoms with Crippen molar-refractivity contribution in [1.29, 1.82) is 0 Å². The molecule has 0 amide bonds. The van der Waals surface area contributed by atoms with E-state index in [1.54, 1.807) is 0 Å². The minimum atomic E-state index is 0.643. The van der Waals surface area contributed by atoms with Gasteiger partial charge in [-0.1, -0.05) is 41.5 Å². The molecule has 0 fully saturated rings. The first-order valence-corrected chi connectivity index (χ1v) is 6.61. The highest BCUT2D eigenvalue weighted by molar-refractivity contribution is 9.09. The number of amidine groups is 1. The highest BCUT2D eigenvalue weighted by atomic mass is 79.9. The number of rotatable bonds is 3. The summed E-state index contributed by atoms with van der Waals surface area (Å²) < 4.78 is 0. The summed E-state index contributed by atoms with van der Waals surface area (Å²) in [4.78, 5) is 6.78. The predicted octanol–water partition coefficient (Wildman–Crippen LogP) is 2.44. The molecule has 0 radical (unpaired) electrons. The van der Waals surface area contributed by atoms with Crippen molar-refractivity contribution in [3.63, 3.8) is 0 Å².